The van der Waals surface area contributed by atoms with E-state index >= 15 is 0 Å². The Bertz CT molecular complexity index is 365. The Kier molecular flexibility index (Phi) is 3.30. The van der Waals surface area contributed by atoms with Gasteiger partial charge in [0, 0.05) is 5.56 Å². The summed E-state index contributed by atoms with van der Waals surface area (Å²) < 4.78 is 17.7. The van der Waals surface area contributed by atoms with E-state index in [-0.39, 0.29) is 17.2 Å². The first-order chi connectivity index (χ1) is 6.56. The predicted octanol–water partition coefficient (Wildman–Crippen LogP) is 2.11. The predicted molar refractivity (Wildman–Crippen MR) is 49.3 cm³/mol. The Morgan fingerprint density at radius 2 is 2.29 bits per heavy atom. The van der Waals surface area contributed by atoms with Gasteiger partial charge in [0.15, 0.2) is 0 Å². The van der Waals surface area contributed by atoms with E-state index in [2.05, 4.69) is 0 Å². The molecule has 14 heavy (non-hydrogen) atoms. The lowest BCUT2D eigenvalue weighted by Crippen LogP contribution is -2.03. The Balaban J connectivity index is 3.17. The van der Waals surface area contributed by atoms with Gasteiger partial charge in [-0.05, 0) is 6.07 Å². The van der Waals surface area contributed by atoms with Crippen molar-refractivity contribution in [2.24, 2.45) is 0 Å². The van der Waals surface area contributed by atoms with E-state index in [4.69, 9.17) is 21.4 Å². The monoisotopic (exact) mass is 218 g/mol. The molecule has 3 nitrogen and oxygen atoms in total. The molecule has 0 fully saturated rings. The van der Waals surface area contributed by atoms with Crippen LogP contribution in [-0.2, 0) is 11.2 Å². The lowest BCUT2D eigenvalue weighted by atomic mass is 10.1. The third-order valence-corrected chi connectivity index (χ3v) is 2.03. The number of hydrogen-bond donors (Lipinski definition) is 1. The molecule has 0 aliphatic heterocycles. The van der Waals surface area contributed by atoms with Crippen molar-refractivity contribution in [3.05, 3.63) is 28.5 Å². The van der Waals surface area contributed by atoms with Crippen LogP contribution in [0.25, 0.3) is 0 Å². The molecule has 0 radical (unpaired) electrons. The van der Waals surface area contributed by atoms with Gasteiger partial charge in [-0.1, -0.05) is 17.7 Å². The Morgan fingerprint density at radius 3 is 2.79 bits per heavy atom. The lowest BCUT2D eigenvalue weighted by Gasteiger charge is -2.08. The molecule has 5 heteroatoms. The summed E-state index contributed by atoms with van der Waals surface area (Å²) in [4.78, 5) is 10.4. The maximum absolute atomic E-state index is 12.9. The van der Waals surface area contributed by atoms with Gasteiger partial charge in [-0.25, -0.2) is 4.39 Å². The molecule has 1 aromatic carbocycles. The number of ether oxygens (including phenoxy) is 1. The van der Waals surface area contributed by atoms with E-state index in [0.29, 0.717) is 5.56 Å². The van der Waals surface area contributed by atoms with Crippen molar-refractivity contribution in [2.45, 2.75) is 6.42 Å². The fraction of sp³-hybridized carbons (Fsp3) is 0.222. The molecule has 0 saturated carbocycles. The first kappa shape index (κ1) is 10.8. The standard InChI is InChI=1S/C9H8ClFO3/c1-14-9-5(4-7(12)13)2-3-6(11)8(9)10/h2-3H,4H2,1H3,(H,12,13). The lowest BCUT2D eigenvalue weighted by molar-refractivity contribution is -0.136. The van der Waals surface area contributed by atoms with E-state index in [9.17, 15) is 9.18 Å². The molecule has 0 atom stereocenters. The molecule has 1 aromatic rings. The summed E-state index contributed by atoms with van der Waals surface area (Å²) in [6.07, 6.45) is -0.247. The molecule has 0 aliphatic carbocycles. The summed E-state index contributed by atoms with van der Waals surface area (Å²) >= 11 is 5.59. The fourth-order valence-corrected chi connectivity index (χ4v) is 1.36. The smallest absolute Gasteiger partial charge is 0.307 e. The normalized spacial score (nSPS) is 9.93. The van der Waals surface area contributed by atoms with Crippen molar-refractivity contribution in [1.29, 1.82) is 0 Å². The van der Waals surface area contributed by atoms with Gasteiger partial charge < -0.3 is 9.84 Å². The molecule has 0 heterocycles. The van der Waals surface area contributed by atoms with Crippen LogP contribution >= 0.6 is 11.6 Å². The number of halogens is 2. The first-order valence-corrected chi connectivity index (χ1v) is 4.16. The molecular formula is C9H8ClFO3. The summed E-state index contributed by atoms with van der Waals surface area (Å²) in [5.41, 5.74) is 0.353. The second-order valence-corrected chi connectivity index (χ2v) is 3.00. The van der Waals surface area contributed by atoms with Crippen molar-refractivity contribution in [1.82, 2.24) is 0 Å². The topological polar surface area (TPSA) is 46.5 Å². The SMILES string of the molecule is COc1c(CC(=O)O)ccc(F)c1Cl. The van der Waals surface area contributed by atoms with Gasteiger partial charge in [0.05, 0.1) is 13.5 Å². The van der Waals surface area contributed by atoms with Gasteiger partial charge in [-0.3, -0.25) is 4.79 Å². The summed E-state index contributed by atoms with van der Waals surface area (Å²) in [7, 11) is 1.31. The van der Waals surface area contributed by atoms with Crippen LogP contribution in [0.3, 0.4) is 0 Å². The zero-order valence-electron chi connectivity index (χ0n) is 7.38. The average molecular weight is 219 g/mol. The minimum Gasteiger partial charge on any atom is -0.495 e. The van der Waals surface area contributed by atoms with Gasteiger partial charge in [-0.15, -0.1) is 0 Å². The summed E-state index contributed by atoms with van der Waals surface area (Å²) in [5.74, 6) is -1.57. The van der Waals surface area contributed by atoms with Crippen LogP contribution in [0, 0.1) is 5.82 Å². The molecule has 0 unspecified atom stereocenters. The number of methoxy groups -OCH3 is 1. The van der Waals surface area contributed by atoms with E-state index in [1.807, 2.05) is 0 Å². The number of carbonyl (C=O) groups is 1. The minimum absolute atomic E-state index is 0.0778. The van der Waals surface area contributed by atoms with E-state index in [1.54, 1.807) is 0 Å². The van der Waals surface area contributed by atoms with Gasteiger partial charge in [0.1, 0.15) is 16.6 Å². The Hall–Kier alpha value is -1.29. The van der Waals surface area contributed by atoms with Gasteiger partial charge in [0.25, 0.3) is 0 Å². The van der Waals surface area contributed by atoms with Gasteiger partial charge in [-0.2, -0.15) is 0 Å². The van der Waals surface area contributed by atoms with Crippen LogP contribution < -0.4 is 4.74 Å². The van der Waals surface area contributed by atoms with Crippen LogP contribution in [0.5, 0.6) is 5.75 Å². The first-order valence-electron chi connectivity index (χ1n) is 3.79. The molecule has 0 bridgehead atoms. The van der Waals surface area contributed by atoms with Crippen LogP contribution in [0.1, 0.15) is 5.56 Å². The van der Waals surface area contributed by atoms with Crippen LogP contribution in [0.4, 0.5) is 4.39 Å². The number of carboxylic acids is 1. The highest BCUT2D eigenvalue weighted by molar-refractivity contribution is 6.32. The number of benzene rings is 1. The summed E-state index contributed by atoms with van der Waals surface area (Å²) in [6, 6.07) is 2.46. The third-order valence-electron chi connectivity index (χ3n) is 1.68. The third kappa shape index (κ3) is 2.14. The van der Waals surface area contributed by atoms with Crippen molar-refractivity contribution >= 4 is 17.6 Å². The average Bonchev–Trinajstić information content (AvgIpc) is 2.11. The second kappa shape index (κ2) is 4.28. The quantitative estimate of drug-likeness (QED) is 0.845. The number of rotatable bonds is 3. The highest BCUT2D eigenvalue weighted by atomic mass is 35.5. The molecule has 1 rings (SSSR count). The number of aliphatic carboxylic acids is 1. The fourth-order valence-electron chi connectivity index (χ4n) is 1.09. The van der Waals surface area contributed by atoms with Crippen LogP contribution in [-0.4, -0.2) is 18.2 Å². The van der Waals surface area contributed by atoms with Gasteiger partial charge >= 0.3 is 5.97 Å². The molecular weight excluding hydrogens is 211 g/mol. The zero-order valence-corrected chi connectivity index (χ0v) is 8.14. The highest BCUT2D eigenvalue weighted by Crippen LogP contribution is 2.31. The molecule has 0 aromatic heterocycles. The van der Waals surface area contributed by atoms with Crippen molar-refractivity contribution in [3.63, 3.8) is 0 Å². The molecule has 0 amide bonds. The Labute approximate surface area is 85.1 Å². The van der Waals surface area contributed by atoms with Crippen LogP contribution in [0.2, 0.25) is 5.02 Å². The number of carboxylic acid groups (broad SMARTS) is 1. The summed E-state index contributed by atoms with van der Waals surface area (Å²) in [6.45, 7) is 0. The van der Waals surface area contributed by atoms with Crippen LogP contribution in [0.15, 0.2) is 12.1 Å². The Morgan fingerprint density at radius 1 is 1.64 bits per heavy atom. The zero-order chi connectivity index (χ0) is 10.7. The molecule has 0 saturated heterocycles. The van der Waals surface area contributed by atoms with Crippen molar-refractivity contribution in [3.8, 4) is 5.75 Å². The highest BCUT2D eigenvalue weighted by Gasteiger charge is 2.14. The number of hydrogen-bond acceptors (Lipinski definition) is 2. The molecule has 1 N–H and O–H groups in total. The molecule has 0 spiro atoms. The maximum Gasteiger partial charge on any atom is 0.307 e. The van der Waals surface area contributed by atoms with E-state index in [1.165, 1.54) is 13.2 Å². The van der Waals surface area contributed by atoms with Crippen molar-refractivity contribution < 1.29 is 19.0 Å². The largest absolute Gasteiger partial charge is 0.495 e. The van der Waals surface area contributed by atoms with E-state index in [0.717, 1.165) is 6.07 Å². The van der Waals surface area contributed by atoms with E-state index < -0.39 is 11.8 Å². The maximum atomic E-state index is 12.9. The minimum atomic E-state index is -1.02. The summed E-state index contributed by atoms with van der Waals surface area (Å²) in [5, 5.41) is 8.37. The molecule has 0 aliphatic rings. The molecule has 76 valence electrons. The second-order valence-electron chi connectivity index (χ2n) is 2.62. The van der Waals surface area contributed by atoms with Crippen molar-refractivity contribution in [2.75, 3.05) is 7.11 Å². The van der Waals surface area contributed by atoms with Gasteiger partial charge in [0.2, 0.25) is 0 Å².